The summed E-state index contributed by atoms with van der Waals surface area (Å²) in [5, 5.41) is 11.7. The van der Waals surface area contributed by atoms with Crippen molar-refractivity contribution in [2.75, 3.05) is 40.4 Å². The molecule has 1 atom stereocenters. The van der Waals surface area contributed by atoms with Crippen molar-refractivity contribution in [1.82, 2.24) is 4.90 Å². The first-order valence-electron chi connectivity index (χ1n) is 11.6. The molecule has 1 aromatic rings. The SMILES string of the molecule is CC.CCC(Cc1ccccc1)(C(O)=C1C(C)=CC(=[N+]2CCOCC2)C=C1C)N(C)C.[CH3-].[CH3-].[Zn+2]. The topological polar surface area (TPSA) is 35.7 Å². The third-order valence-corrected chi connectivity index (χ3v) is 6.35. The Labute approximate surface area is 222 Å². The van der Waals surface area contributed by atoms with Crippen molar-refractivity contribution in [2.45, 2.75) is 53.0 Å². The fourth-order valence-corrected chi connectivity index (χ4v) is 4.55. The fourth-order valence-electron chi connectivity index (χ4n) is 4.55. The summed E-state index contributed by atoms with van der Waals surface area (Å²) in [6.45, 7) is 13.8. The summed E-state index contributed by atoms with van der Waals surface area (Å²) < 4.78 is 7.86. The smallest absolute Gasteiger partial charge is 0.510 e. The summed E-state index contributed by atoms with van der Waals surface area (Å²) in [5.41, 5.74) is 5.23. The number of likely N-dealkylation sites (N-methyl/N-ethyl adjacent to an activating group) is 1. The van der Waals surface area contributed by atoms with Gasteiger partial charge < -0.3 is 24.7 Å². The summed E-state index contributed by atoms with van der Waals surface area (Å²) in [5.74, 6) is 0.470. The van der Waals surface area contributed by atoms with E-state index in [9.17, 15) is 5.11 Å². The molecule has 0 aromatic heterocycles. The molecule has 1 heterocycles. The van der Waals surface area contributed by atoms with E-state index in [1.807, 2.05) is 19.9 Å². The predicted molar refractivity (Wildman–Crippen MR) is 144 cm³/mol. The quantitative estimate of drug-likeness (QED) is 0.222. The number of hydrogen-bond acceptors (Lipinski definition) is 3. The number of rotatable bonds is 5. The maximum Gasteiger partial charge on any atom is 2.00 e. The van der Waals surface area contributed by atoms with Crippen LogP contribution in [0.15, 0.2) is 65.0 Å². The van der Waals surface area contributed by atoms with Crippen molar-refractivity contribution in [1.29, 1.82) is 0 Å². The molecule has 4 nitrogen and oxygen atoms in total. The molecular weight excluding hydrogens is 474 g/mol. The van der Waals surface area contributed by atoms with Gasteiger partial charge in [-0.25, -0.2) is 4.58 Å². The van der Waals surface area contributed by atoms with Crippen molar-refractivity contribution in [3.63, 3.8) is 0 Å². The van der Waals surface area contributed by atoms with E-state index in [1.54, 1.807) is 0 Å². The zero-order chi connectivity index (χ0) is 23.0. The zero-order valence-electron chi connectivity index (χ0n) is 23.2. The van der Waals surface area contributed by atoms with Crippen LogP contribution in [-0.2, 0) is 30.6 Å². The van der Waals surface area contributed by atoms with Crippen LogP contribution in [0.2, 0.25) is 0 Å². The minimum atomic E-state index is -0.447. The Balaban J connectivity index is 0. The molecule has 186 valence electrons. The molecule has 3 rings (SSSR count). The Kier molecular flexibility index (Phi) is 16.5. The molecule has 0 spiro atoms. The summed E-state index contributed by atoms with van der Waals surface area (Å²) in [6.07, 6.45) is 6.02. The number of aliphatic hydroxyl groups is 1. The van der Waals surface area contributed by atoms with Crippen LogP contribution in [-0.4, -0.2) is 66.2 Å². The van der Waals surface area contributed by atoms with Gasteiger partial charge in [-0.15, -0.1) is 0 Å². The van der Waals surface area contributed by atoms with Crippen LogP contribution in [0, 0.1) is 14.9 Å². The van der Waals surface area contributed by atoms with Crippen molar-refractivity contribution >= 4 is 5.71 Å². The van der Waals surface area contributed by atoms with Gasteiger partial charge in [-0.1, -0.05) is 51.1 Å². The molecule has 1 saturated heterocycles. The van der Waals surface area contributed by atoms with Gasteiger partial charge in [-0.2, -0.15) is 0 Å². The van der Waals surface area contributed by atoms with Crippen LogP contribution in [0.4, 0.5) is 0 Å². The molecule has 1 aromatic carbocycles. The molecule has 0 radical (unpaired) electrons. The Bertz CT molecular complexity index is 837. The molecule has 1 fully saturated rings. The van der Waals surface area contributed by atoms with Crippen molar-refractivity contribution in [3.8, 4) is 0 Å². The van der Waals surface area contributed by atoms with E-state index in [0.717, 1.165) is 55.9 Å². The predicted octanol–water partition coefficient (Wildman–Crippen LogP) is 6.07. The monoisotopic (exact) mass is 519 g/mol. The number of hydrogen-bond donors (Lipinski definition) is 1. The first-order valence-corrected chi connectivity index (χ1v) is 11.6. The van der Waals surface area contributed by atoms with Crippen molar-refractivity contribution < 1.29 is 33.9 Å². The second kappa shape index (κ2) is 16.2. The van der Waals surface area contributed by atoms with Crippen LogP contribution in [0.25, 0.3) is 0 Å². The van der Waals surface area contributed by atoms with Gasteiger partial charge >= 0.3 is 19.5 Å². The van der Waals surface area contributed by atoms with Gasteiger partial charge in [0.1, 0.15) is 19.0 Å². The van der Waals surface area contributed by atoms with Gasteiger partial charge in [0.25, 0.3) is 0 Å². The van der Waals surface area contributed by atoms with Gasteiger partial charge in [0, 0.05) is 17.7 Å². The standard InChI is InChI=1S/C25H34N2O2.C2H6.2CH3.Zn/c1-6-25(26(4)5,18-21-10-8-7-9-11-21)24(28)23-19(2)16-22(17-20(23)3)27-12-14-29-15-13-27;1-2;;;/h7-11,16-17H,6,12-15,18H2,1-5H3;1-2H3;2*1H3;/q;;2*-1;+2/p+1. The van der Waals surface area contributed by atoms with Crippen LogP contribution >= 0.6 is 0 Å². The van der Waals surface area contributed by atoms with Crippen LogP contribution < -0.4 is 0 Å². The molecule has 34 heavy (non-hydrogen) atoms. The molecule has 1 aliphatic heterocycles. The normalized spacial score (nSPS) is 17.0. The molecular formula is C29H47N2O2Zn+. The van der Waals surface area contributed by atoms with E-state index in [0.29, 0.717) is 5.76 Å². The molecule has 0 bridgehead atoms. The van der Waals surface area contributed by atoms with E-state index in [2.05, 4.69) is 80.8 Å². The van der Waals surface area contributed by atoms with E-state index < -0.39 is 5.54 Å². The summed E-state index contributed by atoms with van der Waals surface area (Å²) in [6, 6.07) is 10.5. The van der Waals surface area contributed by atoms with E-state index >= 15 is 0 Å². The second-order valence-corrected chi connectivity index (χ2v) is 8.34. The molecule has 0 saturated carbocycles. The molecule has 5 heteroatoms. The fraction of sp³-hybridized carbons (Fsp3) is 0.483. The summed E-state index contributed by atoms with van der Waals surface area (Å²) >= 11 is 0. The molecule has 1 aliphatic carbocycles. The van der Waals surface area contributed by atoms with Crippen LogP contribution in [0.1, 0.15) is 46.6 Å². The Morgan fingerprint density at radius 3 is 1.94 bits per heavy atom. The number of aliphatic hydroxyl groups excluding tert-OH is 1. The van der Waals surface area contributed by atoms with Gasteiger partial charge in [-0.05, 0) is 57.5 Å². The largest absolute Gasteiger partial charge is 2.00 e. The third-order valence-electron chi connectivity index (χ3n) is 6.35. The van der Waals surface area contributed by atoms with Gasteiger partial charge in [0.15, 0.2) is 13.1 Å². The van der Waals surface area contributed by atoms with Gasteiger partial charge in [-0.3, -0.25) is 4.90 Å². The van der Waals surface area contributed by atoms with Crippen molar-refractivity contribution in [3.05, 3.63) is 85.4 Å². The zero-order valence-corrected chi connectivity index (χ0v) is 26.2. The molecule has 1 N–H and O–H groups in total. The van der Waals surface area contributed by atoms with E-state index in [4.69, 9.17) is 4.74 Å². The first-order chi connectivity index (χ1) is 14.9. The van der Waals surface area contributed by atoms with Gasteiger partial charge in [0.2, 0.25) is 5.71 Å². The minimum Gasteiger partial charge on any atom is -0.510 e. The maximum absolute atomic E-state index is 11.7. The first kappa shape index (κ1) is 34.6. The summed E-state index contributed by atoms with van der Waals surface area (Å²) in [4.78, 5) is 2.17. The molecule has 0 amide bonds. The average Bonchev–Trinajstić information content (AvgIpc) is 2.79. The second-order valence-electron chi connectivity index (χ2n) is 8.34. The molecule has 2 aliphatic rings. The number of nitrogens with zero attached hydrogens (tertiary/aromatic N) is 2. The maximum atomic E-state index is 11.7. The number of ether oxygens (including phenoxy) is 1. The summed E-state index contributed by atoms with van der Waals surface area (Å²) in [7, 11) is 4.13. The Hall–Kier alpha value is -1.55. The average molecular weight is 521 g/mol. The van der Waals surface area contributed by atoms with Crippen LogP contribution in [0.5, 0.6) is 0 Å². The van der Waals surface area contributed by atoms with Crippen LogP contribution in [0.3, 0.4) is 0 Å². The number of allylic oxidation sites excluding steroid dienone is 5. The van der Waals surface area contributed by atoms with E-state index in [-0.39, 0.29) is 34.3 Å². The Morgan fingerprint density at radius 1 is 1.00 bits per heavy atom. The molecule has 1 unspecified atom stereocenters. The van der Waals surface area contributed by atoms with Gasteiger partial charge in [0.05, 0.1) is 5.54 Å². The van der Waals surface area contributed by atoms with Crippen molar-refractivity contribution in [2.24, 2.45) is 0 Å². The van der Waals surface area contributed by atoms with E-state index in [1.165, 1.54) is 11.3 Å². The Morgan fingerprint density at radius 2 is 1.50 bits per heavy atom. The minimum absolute atomic E-state index is 0. The third kappa shape index (κ3) is 7.73. The number of morpholine rings is 1. The number of benzene rings is 1.